The molecule has 1 amide bonds. The van der Waals surface area contributed by atoms with Gasteiger partial charge in [0.1, 0.15) is 17.0 Å². The van der Waals surface area contributed by atoms with Gasteiger partial charge in [-0.1, -0.05) is 30.3 Å². The maximum atomic E-state index is 14.5. The Kier molecular flexibility index (Phi) is 4.74. The van der Waals surface area contributed by atoms with Crippen LogP contribution >= 0.6 is 0 Å². The van der Waals surface area contributed by atoms with Crippen LogP contribution in [0.25, 0.3) is 22.1 Å². The highest BCUT2D eigenvalue weighted by molar-refractivity contribution is 5.94. The average molecular weight is 369 g/mol. The van der Waals surface area contributed by atoms with Gasteiger partial charge in [-0.15, -0.1) is 0 Å². The molecule has 3 rings (SSSR count). The van der Waals surface area contributed by atoms with Crippen molar-refractivity contribution in [1.82, 2.24) is 0 Å². The number of halogens is 1. The third-order valence-corrected chi connectivity index (χ3v) is 3.89. The van der Waals surface area contributed by atoms with Gasteiger partial charge in [0.2, 0.25) is 11.3 Å². The number of rotatable bonds is 2. The number of fused-ring (bicyclic) bond motifs is 1. The Morgan fingerprint density at radius 2 is 1.70 bits per heavy atom. The minimum Gasteiger partial charge on any atom is -0.443 e. The lowest BCUT2D eigenvalue weighted by Gasteiger charge is -2.25. The first-order chi connectivity index (χ1) is 12.7. The Hall–Kier alpha value is -3.15. The Balaban J connectivity index is 2.28. The van der Waals surface area contributed by atoms with Crippen molar-refractivity contribution in [2.45, 2.75) is 26.4 Å². The summed E-state index contributed by atoms with van der Waals surface area (Å²) in [6.07, 6.45) is -0.710. The number of carbonyl (C=O) groups is 1. The summed E-state index contributed by atoms with van der Waals surface area (Å²) in [5, 5.41) is 0.303. The molecule has 0 unspecified atom stereocenters. The highest BCUT2D eigenvalue weighted by Gasteiger charge is 2.27. The van der Waals surface area contributed by atoms with Crippen LogP contribution in [-0.2, 0) is 4.74 Å². The molecule has 0 saturated heterocycles. The minimum absolute atomic E-state index is 0.0276. The monoisotopic (exact) mass is 369 g/mol. The molecule has 0 atom stereocenters. The van der Waals surface area contributed by atoms with Gasteiger partial charge in [-0.3, -0.25) is 4.79 Å². The van der Waals surface area contributed by atoms with E-state index in [1.807, 2.05) is 0 Å². The zero-order chi connectivity index (χ0) is 19.8. The Morgan fingerprint density at radius 3 is 2.37 bits per heavy atom. The van der Waals surface area contributed by atoms with E-state index in [0.29, 0.717) is 11.0 Å². The van der Waals surface area contributed by atoms with Gasteiger partial charge in [0.05, 0.1) is 10.9 Å². The molecule has 140 valence electrons. The molecule has 0 fully saturated rings. The van der Waals surface area contributed by atoms with Gasteiger partial charge in [0.25, 0.3) is 0 Å². The van der Waals surface area contributed by atoms with E-state index in [9.17, 15) is 14.0 Å². The van der Waals surface area contributed by atoms with E-state index < -0.39 is 22.9 Å². The zero-order valence-corrected chi connectivity index (χ0v) is 15.6. The van der Waals surface area contributed by atoms with E-state index in [-0.39, 0.29) is 17.0 Å². The molecular weight excluding hydrogens is 349 g/mol. The van der Waals surface area contributed by atoms with Crippen molar-refractivity contribution in [3.05, 3.63) is 64.6 Å². The Labute approximate surface area is 156 Å². The molecule has 0 spiro atoms. The third-order valence-electron chi connectivity index (χ3n) is 3.89. The van der Waals surface area contributed by atoms with Crippen LogP contribution in [0.5, 0.6) is 0 Å². The smallest absolute Gasteiger partial charge is 0.416 e. The lowest BCUT2D eigenvalue weighted by atomic mass is 10.0. The fourth-order valence-corrected chi connectivity index (χ4v) is 2.68. The molecule has 0 saturated carbocycles. The predicted octanol–water partition coefficient (Wildman–Crippen LogP) is 4.97. The Bertz CT molecular complexity index is 1070. The summed E-state index contributed by atoms with van der Waals surface area (Å²) >= 11 is 0. The van der Waals surface area contributed by atoms with E-state index in [0.717, 1.165) is 4.90 Å². The molecule has 1 heterocycles. The molecule has 0 bridgehead atoms. The van der Waals surface area contributed by atoms with Crippen LogP contribution in [0.2, 0.25) is 0 Å². The fourth-order valence-electron chi connectivity index (χ4n) is 2.68. The summed E-state index contributed by atoms with van der Waals surface area (Å²) in [5.41, 5.74) is -0.830. The van der Waals surface area contributed by atoms with Crippen LogP contribution in [0.3, 0.4) is 0 Å². The molecule has 0 aliphatic heterocycles. The molecule has 0 N–H and O–H groups in total. The summed E-state index contributed by atoms with van der Waals surface area (Å²) < 4.78 is 25.7. The number of amides is 1. The van der Waals surface area contributed by atoms with Gasteiger partial charge >= 0.3 is 6.09 Å². The van der Waals surface area contributed by atoms with Crippen LogP contribution in [0, 0.1) is 5.82 Å². The first-order valence-electron chi connectivity index (χ1n) is 8.46. The average Bonchev–Trinajstić information content (AvgIpc) is 2.60. The maximum Gasteiger partial charge on any atom is 0.416 e. The molecule has 5 nitrogen and oxygen atoms in total. The highest BCUT2D eigenvalue weighted by Crippen LogP contribution is 2.33. The highest BCUT2D eigenvalue weighted by atomic mass is 19.1. The van der Waals surface area contributed by atoms with Gasteiger partial charge in [-0.2, -0.15) is 0 Å². The molecule has 0 aliphatic rings. The maximum absolute atomic E-state index is 14.5. The number of para-hydroxylation sites is 1. The normalized spacial score (nSPS) is 11.4. The second kappa shape index (κ2) is 6.87. The van der Waals surface area contributed by atoms with Gasteiger partial charge in [0.15, 0.2) is 0 Å². The first kappa shape index (κ1) is 18.6. The zero-order valence-electron chi connectivity index (χ0n) is 15.6. The Morgan fingerprint density at radius 1 is 1.07 bits per heavy atom. The van der Waals surface area contributed by atoms with Crippen molar-refractivity contribution in [1.29, 1.82) is 0 Å². The van der Waals surface area contributed by atoms with Crippen molar-refractivity contribution < 1.29 is 18.3 Å². The van der Waals surface area contributed by atoms with Crippen LogP contribution in [0.4, 0.5) is 15.1 Å². The van der Waals surface area contributed by atoms with Gasteiger partial charge in [-0.25, -0.2) is 14.1 Å². The van der Waals surface area contributed by atoms with E-state index in [1.54, 1.807) is 51.1 Å². The summed E-state index contributed by atoms with van der Waals surface area (Å²) in [6.45, 7) is 5.19. The van der Waals surface area contributed by atoms with Gasteiger partial charge in [-0.05, 0) is 39.0 Å². The molecule has 27 heavy (non-hydrogen) atoms. The third kappa shape index (κ3) is 3.69. The predicted molar refractivity (Wildman–Crippen MR) is 103 cm³/mol. The number of carbonyl (C=O) groups excluding carboxylic acids is 1. The van der Waals surface area contributed by atoms with Crippen LogP contribution in [0.1, 0.15) is 20.8 Å². The number of anilines is 1. The van der Waals surface area contributed by atoms with E-state index >= 15 is 0 Å². The fraction of sp³-hybridized carbons (Fsp3) is 0.238. The van der Waals surface area contributed by atoms with Crippen molar-refractivity contribution in [2.75, 3.05) is 11.9 Å². The van der Waals surface area contributed by atoms with E-state index in [4.69, 9.17) is 9.15 Å². The number of hydrogen-bond donors (Lipinski definition) is 0. The number of hydrogen-bond acceptors (Lipinski definition) is 4. The topological polar surface area (TPSA) is 59.8 Å². The number of nitrogens with zero attached hydrogens (tertiary/aromatic N) is 1. The molecule has 0 aliphatic carbocycles. The van der Waals surface area contributed by atoms with Crippen molar-refractivity contribution >= 4 is 22.9 Å². The molecule has 1 aromatic heterocycles. The van der Waals surface area contributed by atoms with Crippen molar-refractivity contribution in [3.8, 4) is 11.1 Å². The lowest BCUT2D eigenvalue weighted by Crippen LogP contribution is -2.35. The number of benzene rings is 2. The summed E-state index contributed by atoms with van der Waals surface area (Å²) in [4.78, 5) is 26.7. The largest absolute Gasteiger partial charge is 0.443 e. The van der Waals surface area contributed by atoms with Gasteiger partial charge < -0.3 is 9.15 Å². The molecular formula is C21H20FNO4. The van der Waals surface area contributed by atoms with Crippen LogP contribution < -0.4 is 10.3 Å². The second-order valence-electron chi connectivity index (χ2n) is 7.13. The van der Waals surface area contributed by atoms with Gasteiger partial charge in [0, 0.05) is 12.6 Å². The lowest BCUT2D eigenvalue weighted by molar-refractivity contribution is 0.0584. The molecule has 0 radical (unpaired) electrons. The minimum atomic E-state index is -0.735. The number of ether oxygens (including phenoxy) is 1. The van der Waals surface area contributed by atoms with E-state index in [2.05, 4.69) is 0 Å². The summed E-state index contributed by atoms with van der Waals surface area (Å²) in [6, 6.07) is 12.5. The second-order valence-corrected chi connectivity index (χ2v) is 7.13. The first-order valence-corrected chi connectivity index (χ1v) is 8.46. The molecule has 6 heteroatoms. The van der Waals surface area contributed by atoms with Crippen molar-refractivity contribution in [3.63, 3.8) is 0 Å². The van der Waals surface area contributed by atoms with Crippen LogP contribution in [0.15, 0.2) is 57.7 Å². The standard InChI is InChI=1S/C21H20FNO4/c1-21(2,3)27-20(25)23(4)19-17(13-9-5-7-11-15(13)22)18(24)14-10-6-8-12-16(14)26-19/h5-12H,1-4H3. The van der Waals surface area contributed by atoms with Crippen LogP contribution in [-0.4, -0.2) is 18.7 Å². The molecule has 3 aromatic rings. The van der Waals surface area contributed by atoms with E-state index in [1.165, 1.54) is 25.2 Å². The van der Waals surface area contributed by atoms with Crippen molar-refractivity contribution in [2.24, 2.45) is 0 Å². The molecule has 2 aromatic carbocycles. The summed E-state index contributed by atoms with van der Waals surface area (Å²) in [5.74, 6) is -0.656. The SMILES string of the molecule is CN(C(=O)OC(C)(C)C)c1oc2ccccc2c(=O)c1-c1ccccc1F. The summed E-state index contributed by atoms with van der Waals surface area (Å²) in [7, 11) is 1.42. The quantitative estimate of drug-likeness (QED) is 0.640.